The third kappa shape index (κ3) is 2.82. The Bertz CT molecular complexity index is 717. The minimum absolute atomic E-state index is 0.0540. The topological polar surface area (TPSA) is 79.3 Å². The van der Waals surface area contributed by atoms with Gasteiger partial charge in [-0.3, -0.25) is 4.72 Å². The van der Waals surface area contributed by atoms with Gasteiger partial charge in [-0.2, -0.15) is 8.42 Å². The van der Waals surface area contributed by atoms with Crippen LogP contribution in [0.4, 0.5) is 10.1 Å². The molecule has 0 aliphatic heterocycles. The predicted octanol–water partition coefficient (Wildman–Crippen LogP) is 2.04. The molecule has 0 saturated heterocycles. The minimum Gasteiger partial charge on any atom is -0.508 e. The molecule has 2 N–H and O–H groups in total. The lowest BCUT2D eigenvalue weighted by Gasteiger charge is -2.09. The summed E-state index contributed by atoms with van der Waals surface area (Å²) < 4.78 is 39.4. The summed E-state index contributed by atoms with van der Waals surface area (Å²) in [4.78, 5) is 3.50. The first-order valence-corrected chi connectivity index (χ1v) is 6.81. The van der Waals surface area contributed by atoms with E-state index in [-0.39, 0.29) is 11.4 Å². The van der Waals surface area contributed by atoms with Gasteiger partial charge in [0.25, 0.3) is 10.0 Å². The molecule has 0 aliphatic rings. The van der Waals surface area contributed by atoms with Crippen LogP contribution in [-0.4, -0.2) is 18.5 Å². The second-order valence-corrected chi connectivity index (χ2v) is 5.49. The van der Waals surface area contributed by atoms with Gasteiger partial charge in [0, 0.05) is 12.3 Å². The average Bonchev–Trinajstić information content (AvgIpc) is 2.34. The van der Waals surface area contributed by atoms with E-state index in [0.29, 0.717) is 5.56 Å². The Morgan fingerprint density at radius 2 is 2.05 bits per heavy atom. The fourth-order valence-electron chi connectivity index (χ4n) is 1.45. The van der Waals surface area contributed by atoms with Gasteiger partial charge in [0.2, 0.25) is 5.03 Å². The number of hydrogen-bond acceptors (Lipinski definition) is 4. The fraction of sp³-hybridized carbons (Fsp3) is 0.0833. The van der Waals surface area contributed by atoms with E-state index in [0.717, 1.165) is 6.07 Å². The lowest BCUT2D eigenvalue weighted by atomic mass is 10.2. The van der Waals surface area contributed by atoms with E-state index in [1.807, 2.05) is 0 Å². The molecule has 0 bridgehead atoms. The van der Waals surface area contributed by atoms with Crippen molar-refractivity contribution in [2.24, 2.45) is 0 Å². The highest BCUT2D eigenvalue weighted by Gasteiger charge is 2.20. The van der Waals surface area contributed by atoms with E-state index < -0.39 is 20.9 Å². The summed E-state index contributed by atoms with van der Waals surface area (Å²) in [6.07, 6.45) is 1.18. The molecule has 2 aromatic rings. The van der Waals surface area contributed by atoms with Gasteiger partial charge < -0.3 is 5.11 Å². The van der Waals surface area contributed by atoms with Crippen molar-refractivity contribution < 1.29 is 17.9 Å². The normalized spacial score (nSPS) is 11.3. The number of sulfonamides is 1. The lowest BCUT2D eigenvalue weighted by molar-refractivity contribution is 0.471. The zero-order valence-corrected chi connectivity index (χ0v) is 10.8. The van der Waals surface area contributed by atoms with Crippen LogP contribution < -0.4 is 4.72 Å². The van der Waals surface area contributed by atoms with Crippen LogP contribution >= 0.6 is 0 Å². The molecule has 1 aromatic heterocycles. The Morgan fingerprint density at radius 1 is 1.32 bits per heavy atom. The lowest BCUT2D eigenvalue weighted by Crippen LogP contribution is -2.16. The van der Waals surface area contributed by atoms with Gasteiger partial charge in [-0.05, 0) is 30.7 Å². The first-order chi connectivity index (χ1) is 8.90. The summed E-state index contributed by atoms with van der Waals surface area (Å²) in [7, 11) is -4.12. The van der Waals surface area contributed by atoms with E-state index >= 15 is 0 Å². The third-order valence-electron chi connectivity index (χ3n) is 2.44. The molecular weight excluding hydrogens is 271 g/mol. The van der Waals surface area contributed by atoms with Crippen LogP contribution in [0.5, 0.6) is 5.75 Å². The van der Waals surface area contributed by atoms with Gasteiger partial charge in [-0.15, -0.1) is 0 Å². The summed E-state index contributed by atoms with van der Waals surface area (Å²) in [6.45, 7) is 1.67. The number of rotatable bonds is 3. The number of nitrogens with zero attached hydrogens (tertiary/aromatic N) is 1. The van der Waals surface area contributed by atoms with Crippen LogP contribution in [0, 0.1) is 12.7 Å². The number of halogens is 1. The number of benzene rings is 1. The summed E-state index contributed by atoms with van der Waals surface area (Å²) in [6, 6.07) is 6.56. The second-order valence-electron chi connectivity index (χ2n) is 3.90. The summed E-state index contributed by atoms with van der Waals surface area (Å²) in [5.41, 5.74) is 0.736. The highest BCUT2D eigenvalue weighted by atomic mass is 32.2. The molecule has 0 amide bonds. The molecule has 2 rings (SSSR count). The highest BCUT2D eigenvalue weighted by molar-refractivity contribution is 7.92. The van der Waals surface area contributed by atoms with Crippen LogP contribution in [0.25, 0.3) is 0 Å². The van der Waals surface area contributed by atoms with Gasteiger partial charge in [0.05, 0.1) is 5.69 Å². The van der Waals surface area contributed by atoms with Gasteiger partial charge in [0.15, 0.2) is 5.82 Å². The van der Waals surface area contributed by atoms with E-state index in [1.165, 1.54) is 24.4 Å². The number of nitrogens with one attached hydrogen (secondary N) is 1. The quantitative estimate of drug-likeness (QED) is 0.902. The van der Waals surface area contributed by atoms with Crippen LogP contribution in [0.15, 0.2) is 41.6 Å². The Morgan fingerprint density at radius 3 is 2.68 bits per heavy atom. The van der Waals surface area contributed by atoms with Gasteiger partial charge >= 0.3 is 0 Å². The van der Waals surface area contributed by atoms with E-state index in [9.17, 15) is 17.9 Å². The van der Waals surface area contributed by atoms with Crippen molar-refractivity contribution in [2.75, 3.05) is 4.72 Å². The van der Waals surface area contributed by atoms with E-state index in [4.69, 9.17) is 0 Å². The Balaban J connectivity index is 2.37. The van der Waals surface area contributed by atoms with Gasteiger partial charge in [0.1, 0.15) is 5.75 Å². The van der Waals surface area contributed by atoms with Crippen molar-refractivity contribution in [3.8, 4) is 5.75 Å². The molecular formula is C12H11FN2O3S. The molecule has 1 heterocycles. The molecule has 5 nitrogen and oxygen atoms in total. The van der Waals surface area contributed by atoms with Crippen molar-refractivity contribution in [1.82, 2.24) is 4.98 Å². The van der Waals surface area contributed by atoms with E-state index in [1.54, 1.807) is 13.0 Å². The number of hydrogen-bond donors (Lipinski definition) is 2. The van der Waals surface area contributed by atoms with E-state index in [2.05, 4.69) is 9.71 Å². The Hall–Kier alpha value is -2.15. The maximum Gasteiger partial charge on any atom is 0.282 e. The molecule has 1 aromatic carbocycles. The van der Waals surface area contributed by atoms with Crippen molar-refractivity contribution in [1.29, 1.82) is 0 Å². The molecule has 0 saturated carbocycles. The average molecular weight is 282 g/mol. The van der Waals surface area contributed by atoms with Crippen molar-refractivity contribution in [3.63, 3.8) is 0 Å². The largest absolute Gasteiger partial charge is 0.508 e. The third-order valence-corrected chi connectivity index (χ3v) is 3.75. The minimum atomic E-state index is -4.12. The van der Waals surface area contributed by atoms with Gasteiger partial charge in [-0.25, -0.2) is 9.37 Å². The number of aryl methyl sites for hydroxylation is 1. The smallest absolute Gasteiger partial charge is 0.282 e. The maximum atomic E-state index is 13.4. The number of anilines is 1. The number of phenolic OH excluding ortho intramolecular Hbond substituents is 1. The van der Waals surface area contributed by atoms with Crippen LogP contribution in [0.1, 0.15) is 5.56 Å². The van der Waals surface area contributed by atoms with Crippen molar-refractivity contribution in [3.05, 3.63) is 47.9 Å². The molecule has 0 atom stereocenters. The molecule has 0 spiro atoms. The molecule has 19 heavy (non-hydrogen) atoms. The number of pyridine rings is 1. The number of phenols is 1. The molecule has 0 aliphatic carbocycles. The molecule has 7 heteroatoms. The van der Waals surface area contributed by atoms with Crippen LogP contribution in [0.3, 0.4) is 0 Å². The molecule has 0 unspecified atom stereocenters. The van der Waals surface area contributed by atoms with Crippen LogP contribution in [0.2, 0.25) is 0 Å². The highest BCUT2D eigenvalue weighted by Crippen LogP contribution is 2.23. The Kier molecular flexibility index (Phi) is 3.39. The maximum absolute atomic E-state index is 13.4. The molecule has 100 valence electrons. The zero-order chi connectivity index (χ0) is 14.0. The predicted molar refractivity (Wildman–Crippen MR) is 67.8 cm³/mol. The van der Waals surface area contributed by atoms with Crippen molar-refractivity contribution >= 4 is 15.7 Å². The van der Waals surface area contributed by atoms with Gasteiger partial charge in [-0.1, -0.05) is 6.07 Å². The summed E-state index contributed by atoms with van der Waals surface area (Å²) in [5.74, 6) is -0.993. The summed E-state index contributed by atoms with van der Waals surface area (Å²) in [5, 5.41) is 8.81. The number of aromatic nitrogens is 1. The molecule has 0 fully saturated rings. The zero-order valence-electron chi connectivity index (χ0n) is 9.96. The Labute approximate surface area is 109 Å². The van der Waals surface area contributed by atoms with Crippen molar-refractivity contribution in [2.45, 2.75) is 11.9 Å². The van der Waals surface area contributed by atoms with Crippen LogP contribution in [-0.2, 0) is 10.0 Å². The summed E-state index contributed by atoms with van der Waals surface area (Å²) >= 11 is 0. The SMILES string of the molecule is Cc1ccc(NS(=O)(=O)c2ncccc2F)cc1O. The fourth-order valence-corrected chi connectivity index (χ4v) is 2.50. The second kappa shape index (κ2) is 4.85. The molecule has 0 radical (unpaired) electrons. The first kappa shape index (κ1) is 13.3. The standard InChI is InChI=1S/C12H11FN2O3S/c1-8-4-5-9(7-11(8)16)15-19(17,18)12-10(13)3-2-6-14-12/h2-7,15-16H,1H3. The number of aromatic hydroxyl groups is 1. The first-order valence-electron chi connectivity index (χ1n) is 5.33. The monoisotopic (exact) mass is 282 g/mol.